The molecule has 31 heavy (non-hydrogen) atoms. The van der Waals surface area contributed by atoms with Crippen LogP contribution in [-0.2, 0) is 0 Å². The quantitative estimate of drug-likeness (QED) is 0.255. The Kier molecular flexibility index (Phi) is 6.34. The third kappa shape index (κ3) is 5.31. The Morgan fingerprint density at radius 1 is 1.10 bits per heavy atom. The highest BCUT2D eigenvalue weighted by Crippen LogP contribution is 2.31. The molecule has 8 nitrogen and oxygen atoms in total. The van der Waals surface area contributed by atoms with E-state index in [4.69, 9.17) is 0 Å². The van der Waals surface area contributed by atoms with Crippen LogP contribution in [0.3, 0.4) is 0 Å². The van der Waals surface area contributed by atoms with Gasteiger partial charge in [-0.3, -0.25) is 0 Å². The van der Waals surface area contributed by atoms with Crippen molar-refractivity contribution in [2.24, 2.45) is 0 Å². The smallest absolute Gasteiger partial charge is 0.200 e. The van der Waals surface area contributed by atoms with Crippen LogP contribution in [0.5, 0.6) is 0 Å². The number of nitrogens with zero attached hydrogens (tertiary/aromatic N) is 3. The number of aromatic amines is 1. The van der Waals surface area contributed by atoms with E-state index in [1.165, 1.54) is 0 Å². The van der Waals surface area contributed by atoms with Crippen molar-refractivity contribution in [3.8, 4) is 11.3 Å². The summed E-state index contributed by atoms with van der Waals surface area (Å²) in [6, 6.07) is 8.36. The molecule has 4 aromatic rings. The molecule has 1 aromatic carbocycles. The normalized spacial score (nSPS) is 12.3. The first-order chi connectivity index (χ1) is 15.0. The third-order valence-corrected chi connectivity index (χ3v) is 5.46. The van der Waals surface area contributed by atoms with Gasteiger partial charge in [-0.1, -0.05) is 0 Å². The lowest BCUT2D eigenvalue weighted by molar-refractivity contribution is 0.188. The molecular weight excluding hydrogens is 410 g/mol. The first kappa shape index (κ1) is 21.1. The molecule has 4 rings (SSSR count). The van der Waals surface area contributed by atoms with E-state index in [9.17, 15) is 5.11 Å². The zero-order chi connectivity index (χ0) is 21.8. The van der Waals surface area contributed by atoms with Crippen LogP contribution in [-0.4, -0.2) is 43.7 Å². The van der Waals surface area contributed by atoms with Gasteiger partial charge >= 0.3 is 0 Å². The maximum absolute atomic E-state index is 9.41. The Hall–Kier alpha value is -3.17. The van der Waals surface area contributed by atoms with Crippen molar-refractivity contribution in [3.63, 3.8) is 0 Å². The van der Waals surface area contributed by atoms with E-state index in [-0.39, 0.29) is 12.1 Å². The highest BCUT2D eigenvalue weighted by molar-refractivity contribution is 7.16. The number of pyridine rings is 1. The van der Waals surface area contributed by atoms with Crippen molar-refractivity contribution < 1.29 is 5.11 Å². The molecule has 1 unspecified atom stereocenters. The molecule has 0 fully saturated rings. The SMILES string of the molecule is CC(O)CCNc1ncc(-c2cnc(Nc3ccc4ncsc4c3)cc2NC(C)C)[nH]1. The summed E-state index contributed by atoms with van der Waals surface area (Å²) in [7, 11) is 0. The second-order valence-electron chi connectivity index (χ2n) is 7.78. The lowest BCUT2D eigenvalue weighted by Gasteiger charge is -2.16. The molecular formula is C22H27N7OS. The minimum atomic E-state index is -0.343. The van der Waals surface area contributed by atoms with Crippen LogP contribution in [0.25, 0.3) is 21.5 Å². The molecule has 0 saturated carbocycles. The number of rotatable bonds is 9. The maximum Gasteiger partial charge on any atom is 0.200 e. The Balaban J connectivity index is 1.56. The number of fused-ring (bicyclic) bond motifs is 1. The number of benzene rings is 1. The molecule has 0 aliphatic carbocycles. The van der Waals surface area contributed by atoms with Gasteiger partial charge in [-0.15, -0.1) is 11.3 Å². The highest BCUT2D eigenvalue weighted by atomic mass is 32.1. The van der Waals surface area contributed by atoms with Gasteiger partial charge in [0, 0.05) is 41.8 Å². The van der Waals surface area contributed by atoms with Gasteiger partial charge in [0.25, 0.3) is 0 Å². The molecule has 9 heteroatoms. The van der Waals surface area contributed by atoms with E-state index in [0.29, 0.717) is 18.9 Å². The molecule has 3 heterocycles. The van der Waals surface area contributed by atoms with Gasteiger partial charge < -0.3 is 26.0 Å². The van der Waals surface area contributed by atoms with Crippen molar-refractivity contribution in [2.45, 2.75) is 39.3 Å². The standard InChI is InChI=1S/C22H27N7OS/c1-13(2)27-18-9-21(28-15-4-5-17-20(8-15)31-12-26-17)24-10-16(18)19-11-25-22(29-19)23-7-6-14(3)30/h4-5,8-14,30H,6-7H2,1-3H3,(H2,23,25,29)(H2,24,27,28). The van der Waals surface area contributed by atoms with Gasteiger partial charge in [-0.25, -0.2) is 15.0 Å². The summed E-state index contributed by atoms with van der Waals surface area (Å²) < 4.78 is 1.13. The van der Waals surface area contributed by atoms with Gasteiger partial charge in [0.2, 0.25) is 5.95 Å². The highest BCUT2D eigenvalue weighted by Gasteiger charge is 2.12. The molecule has 0 saturated heterocycles. The summed E-state index contributed by atoms with van der Waals surface area (Å²) in [5.74, 6) is 1.43. The summed E-state index contributed by atoms with van der Waals surface area (Å²) >= 11 is 1.62. The number of anilines is 4. The van der Waals surface area contributed by atoms with Gasteiger partial charge in [-0.2, -0.15) is 0 Å². The predicted octanol–water partition coefficient (Wildman–Crippen LogP) is 4.83. The minimum absolute atomic E-state index is 0.258. The molecule has 0 aliphatic heterocycles. The second-order valence-corrected chi connectivity index (χ2v) is 8.67. The Morgan fingerprint density at radius 2 is 1.97 bits per heavy atom. The van der Waals surface area contributed by atoms with E-state index in [0.717, 1.165) is 38.7 Å². The fourth-order valence-electron chi connectivity index (χ4n) is 3.20. The van der Waals surface area contributed by atoms with Crippen molar-refractivity contribution in [1.29, 1.82) is 0 Å². The number of hydrogen-bond acceptors (Lipinski definition) is 8. The van der Waals surface area contributed by atoms with Gasteiger partial charge in [0.15, 0.2) is 0 Å². The van der Waals surface area contributed by atoms with Crippen LogP contribution in [0.1, 0.15) is 27.2 Å². The average molecular weight is 438 g/mol. The molecule has 0 radical (unpaired) electrons. The van der Waals surface area contributed by atoms with Crippen LogP contribution in [0.2, 0.25) is 0 Å². The van der Waals surface area contributed by atoms with Crippen molar-refractivity contribution in [1.82, 2.24) is 19.9 Å². The van der Waals surface area contributed by atoms with Crippen molar-refractivity contribution >= 4 is 44.7 Å². The molecule has 0 aliphatic rings. The number of thiazole rings is 1. The molecule has 0 amide bonds. The number of H-pyrrole nitrogens is 1. The van der Waals surface area contributed by atoms with Crippen LogP contribution < -0.4 is 16.0 Å². The minimum Gasteiger partial charge on any atom is -0.393 e. The van der Waals surface area contributed by atoms with Crippen LogP contribution >= 0.6 is 11.3 Å². The van der Waals surface area contributed by atoms with E-state index in [1.807, 2.05) is 29.9 Å². The molecule has 162 valence electrons. The van der Waals surface area contributed by atoms with E-state index in [2.05, 4.69) is 55.8 Å². The number of aliphatic hydroxyl groups is 1. The van der Waals surface area contributed by atoms with Gasteiger partial charge in [0.05, 0.1) is 33.7 Å². The summed E-state index contributed by atoms with van der Waals surface area (Å²) in [4.78, 5) is 16.6. The second kappa shape index (κ2) is 9.32. The Labute approximate surface area is 185 Å². The zero-order valence-electron chi connectivity index (χ0n) is 17.8. The van der Waals surface area contributed by atoms with Crippen LogP contribution in [0.15, 0.2) is 42.2 Å². The zero-order valence-corrected chi connectivity index (χ0v) is 18.6. The van der Waals surface area contributed by atoms with E-state index < -0.39 is 0 Å². The summed E-state index contributed by atoms with van der Waals surface area (Å²) in [6.45, 7) is 6.62. The van der Waals surface area contributed by atoms with E-state index in [1.54, 1.807) is 24.5 Å². The van der Waals surface area contributed by atoms with E-state index >= 15 is 0 Å². The van der Waals surface area contributed by atoms with Crippen LogP contribution in [0, 0.1) is 0 Å². The number of hydrogen-bond donors (Lipinski definition) is 5. The largest absolute Gasteiger partial charge is 0.393 e. The molecule has 0 bridgehead atoms. The molecule has 1 atom stereocenters. The molecule has 0 spiro atoms. The molecule has 5 N–H and O–H groups in total. The maximum atomic E-state index is 9.41. The van der Waals surface area contributed by atoms with Crippen molar-refractivity contribution in [2.75, 3.05) is 22.5 Å². The monoisotopic (exact) mass is 437 g/mol. The first-order valence-electron chi connectivity index (χ1n) is 10.3. The number of aliphatic hydroxyl groups excluding tert-OH is 1. The first-order valence-corrected chi connectivity index (χ1v) is 11.2. The summed E-state index contributed by atoms with van der Waals surface area (Å²) in [5.41, 5.74) is 6.59. The van der Waals surface area contributed by atoms with Gasteiger partial charge in [-0.05, 0) is 45.4 Å². The number of imidazole rings is 1. The van der Waals surface area contributed by atoms with Gasteiger partial charge in [0.1, 0.15) is 5.82 Å². The lowest BCUT2D eigenvalue weighted by Crippen LogP contribution is -2.11. The molecule has 3 aromatic heterocycles. The Morgan fingerprint density at radius 3 is 2.77 bits per heavy atom. The lowest BCUT2D eigenvalue weighted by atomic mass is 10.1. The third-order valence-electron chi connectivity index (χ3n) is 4.67. The number of aromatic nitrogens is 4. The average Bonchev–Trinajstić information content (AvgIpc) is 3.36. The predicted molar refractivity (Wildman–Crippen MR) is 128 cm³/mol. The fourth-order valence-corrected chi connectivity index (χ4v) is 3.91. The fraction of sp³-hybridized carbons (Fsp3) is 0.318. The van der Waals surface area contributed by atoms with Crippen LogP contribution in [0.4, 0.5) is 23.1 Å². The number of nitrogens with one attached hydrogen (secondary N) is 4. The summed E-state index contributed by atoms with van der Waals surface area (Å²) in [6.07, 6.45) is 3.94. The van der Waals surface area contributed by atoms with Crippen molar-refractivity contribution in [3.05, 3.63) is 42.2 Å². The Bertz CT molecular complexity index is 1150. The topological polar surface area (TPSA) is 111 Å². The summed E-state index contributed by atoms with van der Waals surface area (Å²) in [5, 5.41) is 19.5.